The van der Waals surface area contributed by atoms with Crippen LogP contribution in [0.2, 0.25) is 0 Å². The molecule has 254 valence electrons. The zero-order valence-corrected chi connectivity index (χ0v) is 29.1. The number of hydrogen-bond donors (Lipinski definition) is 1. The van der Waals surface area contributed by atoms with Gasteiger partial charge >= 0.3 is 11.6 Å². The number of pyridine rings is 1. The number of ether oxygens (including phenoxy) is 4. The fourth-order valence-corrected chi connectivity index (χ4v) is 9.85. The number of nitrogens with zero attached hydrogens (tertiary/aromatic N) is 1. The van der Waals surface area contributed by atoms with Gasteiger partial charge in [0.2, 0.25) is 0 Å². The fourth-order valence-electron chi connectivity index (χ4n) is 9.45. The summed E-state index contributed by atoms with van der Waals surface area (Å²) in [6.45, 7) is 6.66. The van der Waals surface area contributed by atoms with E-state index in [0.717, 1.165) is 16.5 Å². The number of fused-ring (bicyclic) bond motifs is 6. The van der Waals surface area contributed by atoms with Gasteiger partial charge in [-0.25, -0.2) is 9.59 Å². The number of carbonyl (C=O) groups is 1. The predicted molar refractivity (Wildman–Crippen MR) is 183 cm³/mol. The highest BCUT2D eigenvalue weighted by Gasteiger charge is 2.71. The van der Waals surface area contributed by atoms with Crippen LogP contribution in [-0.2, 0) is 14.2 Å². The maximum absolute atomic E-state index is 13.8. The zero-order chi connectivity index (χ0) is 34.1. The lowest BCUT2D eigenvalue weighted by Crippen LogP contribution is -2.71. The molecule has 0 spiro atoms. The Balaban J connectivity index is 1.22. The number of rotatable bonds is 4. The summed E-state index contributed by atoms with van der Waals surface area (Å²) in [6.07, 6.45) is 2.41. The van der Waals surface area contributed by atoms with Gasteiger partial charge in [0.15, 0.2) is 6.29 Å². The molecule has 2 aromatic heterocycles. The third kappa shape index (κ3) is 5.18. The summed E-state index contributed by atoms with van der Waals surface area (Å²) in [5.41, 5.74) is -0.909. The van der Waals surface area contributed by atoms with E-state index in [0.29, 0.717) is 30.6 Å². The molecule has 2 aromatic carbocycles. The average molecular weight is 729 g/mol. The molecule has 4 heterocycles. The van der Waals surface area contributed by atoms with Crippen molar-refractivity contribution in [2.24, 2.45) is 22.7 Å². The molecule has 4 unspecified atom stereocenters. The highest BCUT2D eigenvalue weighted by molar-refractivity contribution is 9.10. The number of carbonyl (C=O) groups excluding carboxylic acids is 1. The Morgan fingerprint density at radius 3 is 2.59 bits per heavy atom. The highest BCUT2D eigenvalue weighted by Crippen LogP contribution is 2.68. The van der Waals surface area contributed by atoms with Gasteiger partial charge in [0.1, 0.15) is 28.8 Å². The second-order valence-corrected chi connectivity index (χ2v) is 15.5. The Morgan fingerprint density at radius 1 is 1.02 bits per heavy atom. The van der Waals surface area contributed by atoms with Crippen molar-refractivity contribution in [1.82, 2.24) is 4.98 Å². The largest absolute Gasteiger partial charge is 0.482 e. The van der Waals surface area contributed by atoms with Crippen molar-refractivity contribution in [3.63, 3.8) is 0 Å². The molecule has 9 atom stereocenters. The first kappa shape index (κ1) is 32.4. The summed E-state index contributed by atoms with van der Waals surface area (Å²) in [7, 11) is 0. The Labute approximate surface area is 292 Å². The Kier molecular flexibility index (Phi) is 7.86. The molecule has 0 radical (unpaired) electrons. The van der Waals surface area contributed by atoms with Crippen LogP contribution in [0.15, 0.2) is 98.9 Å². The van der Waals surface area contributed by atoms with Crippen LogP contribution < -0.4 is 10.4 Å². The molecule has 10 heteroatoms. The molecular formula is C39H38BrNO8. The Hall–Kier alpha value is -3.83. The lowest BCUT2D eigenvalue weighted by Gasteiger charge is -2.67. The van der Waals surface area contributed by atoms with Crippen molar-refractivity contribution in [3.05, 3.63) is 117 Å². The lowest BCUT2D eigenvalue weighted by molar-refractivity contribution is -0.330. The van der Waals surface area contributed by atoms with Gasteiger partial charge in [0, 0.05) is 45.4 Å². The van der Waals surface area contributed by atoms with Crippen LogP contribution in [0.3, 0.4) is 0 Å². The summed E-state index contributed by atoms with van der Waals surface area (Å²) < 4.78 is 33.0. The molecule has 4 aromatic rings. The molecule has 0 amide bonds. The van der Waals surface area contributed by atoms with Gasteiger partial charge in [0.25, 0.3) is 0 Å². The monoisotopic (exact) mass is 727 g/mol. The minimum absolute atomic E-state index is 0.0709. The van der Waals surface area contributed by atoms with Gasteiger partial charge < -0.3 is 28.5 Å². The van der Waals surface area contributed by atoms with Crippen LogP contribution in [-0.4, -0.2) is 40.5 Å². The Morgan fingerprint density at radius 2 is 1.84 bits per heavy atom. The number of esters is 1. The number of hydrogen-bond acceptors (Lipinski definition) is 9. The van der Waals surface area contributed by atoms with Crippen molar-refractivity contribution in [3.8, 4) is 17.1 Å². The summed E-state index contributed by atoms with van der Waals surface area (Å²) >= 11 is 3.46. The molecule has 1 saturated heterocycles. The third-order valence-corrected chi connectivity index (χ3v) is 12.2. The van der Waals surface area contributed by atoms with Crippen molar-refractivity contribution in [2.75, 3.05) is 6.61 Å². The second-order valence-electron chi connectivity index (χ2n) is 14.5. The molecule has 49 heavy (non-hydrogen) atoms. The molecule has 3 fully saturated rings. The standard InChI is InChI=1S/C39H38BrNO8/c1-37-15-14-29-38(2,21-45-36(48-29)22-9-5-4-6-10-22)28(37)19-30(47-34(43)23-11-7-13-25(40)17-23)39(3)33(37)32(42)31-27(49-39)18-26(46-35(31)44)24-12-8-16-41-20-24/h4-13,16-18,20,28-30,32-33,36,42H,14-15,19,21H2,1-3H3/t28?,29-,30-,32-,33?,36?,37-,38?,39+/m0/s1. The van der Waals surface area contributed by atoms with E-state index >= 15 is 0 Å². The molecule has 2 saturated carbocycles. The third-order valence-electron chi connectivity index (χ3n) is 11.7. The number of aliphatic hydroxyl groups excluding tert-OH is 1. The van der Waals surface area contributed by atoms with Crippen LogP contribution >= 0.6 is 15.9 Å². The molecule has 1 N–H and O–H groups in total. The average Bonchev–Trinajstić information content (AvgIpc) is 3.09. The molecule has 2 aliphatic carbocycles. The normalized spacial score (nSPS) is 34.7. The van der Waals surface area contributed by atoms with Crippen LogP contribution in [0.1, 0.15) is 73.9 Å². The van der Waals surface area contributed by atoms with E-state index < -0.39 is 52.4 Å². The van der Waals surface area contributed by atoms with E-state index in [-0.39, 0.29) is 29.1 Å². The topological polar surface area (TPSA) is 117 Å². The summed E-state index contributed by atoms with van der Waals surface area (Å²) in [5.74, 6) is -0.785. The molecule has 8 rings (SSSR count). The summed E-state index contributed by atoms with van der Waals surface area (Å²) in [6, 6.07) is 22.1. The van der Waals surface area contributed by atoms with Gasteiger partial charge in [-0.2, -0.15) is 0 Å². The molecule has 0 bridgehead atoms. The van der Waals surface area contributed by atoms with Crippen molar-refractivity contribution in [1.29, 1.82) is 0 Å². The van der Waals surface area contributed by atoms with Crippen LogP contribution in [0.5, 0.6) is 5.75 Å². The van der Waals surface area contributed by atoms with E-state index in [1.54, 1.807) is 48.8 Å². The molecule has 4 aliphatic rings. The lowest BCUT2D eigenvalue weighted by atomic mass is 9.42. The quantitative estimate of drug-likeness (QED) is 0.214. The number of aromatic nitrogens is 1. The van der Waals surface area contributed by atoms with E-state index in [1.807, 2.05) is 43.3 Å². The molecule has 2 aliphatic heterocycles. The summed E-state index contributed by atoms with van der Waals surface area (Å²) in [5, 5.41) is 12.4. The smallest absolute Gasteiger partial charge is 0.345 e. The minimum atomic E-state index is -1.25. The van der Waals surface area contributed by atoms with E-state index in [1.165, 1.54) is 0 Å². The SMILES string of the molecule is CC12COC(c3ccccc3)O[C@H]1CC[C@@]1(C)C2C[C@H](OC(=O)c2cccc(Br)c2)[C@@]2(C)Oc3cc(-c4cccnc4)oc(=O)c3[C@H](O)C12. The van der Waals surface area contributed by atoms with Crippen LogP contribution in [0.4, 0.5) is 0 Å². The van der Waals surface area contributed by atoms with Crippen molar-refractivity contribution < 1.29 is 33.3 Å². The van der Waals surface area contributed by atoms with E-state index in [4.69, 9.17) is 23.4 Å². The van der Waals surface area contributed by atoms with Gasteiger partial charge in [-0.05, 0) is 67.9 Å². The summed E-state index contributed by atoms with van der Waals surface area (Å²) in [4.78, 5) is 31.7. The van der Waals surface area contributed by atoms with Crippen LogP contribution in [0, 0.1) is 22.7 Å². The zero-order valence-electron chi connectivity index (χ0n) is 27.5. The molecular weight excluding hydrogens is 690 g/mol. The maximum Gasteiger partial charge on any atom is 0.345 e. The minimum Gasteiger partial charge on any atom is -0.482 e. The van der Waals surface area contributed by atoms with Gasteiger partial charge in [-0.3, -0.25) is 4.98 Å². The maximum atomic E-state index is 13.8. The van der Waals surface area contributed by atoms with Gasteiger partial charge in [-0.1, -0.05) is 66.2 Å². The number of halogens is 1. The first-order chi connectivity index (χ1) is 23.5. The van der Waals surface area contributed by atoms with E-state index in [9.17, 15) is 14.7 Å². The van der Waals surface area contributed by atoms with Crippen molar-refractivity contribution >= 4 is 21.9 Å². The van der Waals surface area contributed by atoms with Crippen LogP contribution in [0.25, 0.3) is 11.3 Å². The van der Waals surface area contributed by atoms with E-state index in [2.05, 4.69) is 34.8 Å². The van der Waals surface area contributed by atoms with Crippen molar-refractivity contribution in [2.45, 2.75) is 70.2 Å². The second kappa shape index (κ2) is 11.9. The predicted octanol–water partition coefficient (Wildman–Crippen LogP) is 7.43. The highest BCUT2D eigenvalue weighted by atomic mass is 79.9. The Bertz CT molecular complexity index is 1950. The fraction of sp³-hybridized carbons (Fsp3) is 0.410. The van der Waals surface area contributed by atoms with Gasteiger partial charge in [-0.15, -0.1) is 0 Å². The first-order valence-corrected chi connectivity index (χ1v) is 17.5. The number of benzene rings is 2. The van der Waals surface area contributed by atoms with Gasteiger partial charge in [0.05, 0.1) is 24.4 Å². The molecule has 9 nitrogen and oxygen atoms in total. The number of aliphatic hydroxyl groups is 1. The first-order valence-electron chi connectivity index (χ1n) is 16.8.